The summed E-state index contributed by atoms with van der Waals surface area (Å²) in [6.07, 6.45) is 12.8. The number of pyridine rings is 1. The largest absolute Gasteiger partial charge is 0.314 e. The lowest BCUT2D eigenvalue weighted by Gasteiger charge is -2.18. The van der Waals surface area contributed by atoms with Gasteiger partial charge in [-0.1, -0.05) is 39.5 Å². The van der Waals surface area contributed by atoms with Gasteiger partial charge in [0.2, 0.25) is 0 Å². The lowest BCUT2D eigenvalue weighted by atomic mass is 10.0. The van der Waals surface area contributed by atoms with Gasteiger partial charge in [-0.15, -0.1) is 0 Å². The fourth-order valence-electron chi connectivity index (χ4n) is 2.25. The molecule has 1 rings (SSSR count). The molecule has 1 aromatic rings. The molecule has 0 radical (unpaired) electrons. The van der Waals surface area contributed by atoms with Gasteiger partial charge in [0.25, 0.3) is 0 Å². The molecule has 0 fully saturated rings. The second-order valence-corrected chi connectivity index (χ2v) is 5.06. The minimum atomic E-state index is 0.629. The molecule has 0 saturated heterocycles. The van der Waals surface area contributed by atoms with E-state index in [0.717, 1.165) is 13.0 Å². The van der Waals surface area contributed by atoms with Crippen LogP contribution in [-0.4, -0.2) is 17.6 Å². The van der Waals surface area contributed by atoms with Gasteiger partial charge < -0.3 is 5.32 Å². The van der Waals surface area contributed by atoms with E-state index in [9.17, 15) is 0 Å². The number of hydrogen-bond acceptors (Lipinski definition) is 2. The Bertz CT molecular complexity index is 284. The molecule has 0 spiro atoms. The summed E-state index contributed by atoms with van der Waals surface area (Å²) in [5.41, 5.74) is 1.40. The van der Waals surface area contributed by atoms with Gasteiger partial charge in [0.05, 0.1) is 0 Å². The fourth-order valence-corrected chi connectivity index (χ4v) is 2.25. The van der Waals surface area contributed by atoms with Gasteiger partial charge in [-0.05, 0) is 43.5 Å². The third kappa shape index (κ3) is 6.75. The molecule has 0 amide bonds. The first kappa shape index (κ1) is 15.2. The molecule has 1 unspecified atom stereocenters. The van der Waals surface area contributed by atoms with Crippen molar-refractivity contribution in [1.82, 2.24) is 10.3 Å². The number of unbranched alkanes of at least 4 members (excludes halogenated alkanes) is 3. The molecule has 102 valence electrons. The quantitative estimate of drug-likeness (QED) is 0.634. The van der Waals surface area contributed by atoms with Crippen LogP contribution in [0.15, 0.2) is 24.5 Å². The number of hydrogen-bond donors (Lipinski definition) is 1. The van der Waals surface area contributed by atoms with Crippen LogP contribution in [0.1, 0.15) is 57.9 Å². The molecular formula is C16H28N2. The lowest BCUT2D eigenvalue weighted by molar-refractivity contribution is 0.453. The molecule has 0 aliphatic heterocycles. The van der Waals surface area contributed by atoms with Crippen LogP contribution in [-0.2, 0) is 6.42 Å². The molecule has 1 heterocycles. The average molecular weight is 248 g/mol. The van der Waals surface area contributed by atoms with Crippen molar-refractivity contribution in [3.05, 3.63) is 30.1 Å². The van der Waals surface area contributed by atoms with E-state index >= 15 is 0 Å². The van der Waals surface area contributed by atoms with Gasteiger partial charge in [-0.25, -0.2) is 0 Å². The van der Waals surface area contributed by atoms with Crippen LogP contribution in [0.5, 0.6) is 0 Å². The predicted molar refractivity (Wildman–Crippen MR) is 78.8 cm³/mol. The second kappa shape index (κ2) is 10.1. The van der Waals surface area contributed by atoms with Crippen molar-refractivity contribution in [1.29, 1.82) is 0 Å². The van der Waals surface area contributed by atoms with Crippen molar-refractivity contribution < 1.29 is 0 Å². The fraction of sp³-hybridized carbons (Fsp3) is 0.688. The van der Waals surface area contributed by atoms with Crippen LogP contribution < -0.4 is 5.32 Å². The highest BCUT2D eigenvalue weighted by atomic mass is 14.9. The first-order valence-electron chi connectivity index (χ1n) is 7.49. The minimum absolute atomic E-state index is 0.629. The first-order valence-corrected chi connectivity index (χ1v) is 7.49. The topological polar surface area (TPSA) is 24.9 Å². The number of rotatable bonds is 10. The average Bonchev–Trinajstić information content (AvgIpc) is 2.41. The molecule has 1 N–H and O–H groups in total. The van der Waals surface area contributed by atoms with E-state index in [1.165, 1.54) is 44.1 Å². The lowest BCUT2D eigenvalue weighted by Crippen LogP contribution is -2.31. The summed E-state index contributed by atoms with van der Waals surface area (Å²) in [5.74, 6) is 0. The molecule has 0 aromatic carbocycles. The van der Waals surface area contributed by atoms with E-state index < -0.39 is 0 Å². The maximum Gasteiger partial charge on any atom is 0.0270 e. The monoisotopic (exact) mass is 248 g/mol. The maximum atomic E-state index is 4.08. The summed E-state index contributed by atoms with van der Waals surface area (Å²) in [4.78, 5) is 4.08. The SMILES string of the molecule is CCCCCCC(Cc1ccncc1)NCCC. The summed E-state index contributed by atoms with van der Waals surface area (Å²) in [5, 5.41) is 3.67. The third-order valence-electron chi connectivity index (χ3n) is 3.32. The molecular weight excluding hydrogens is 220 g/mol. The Labute approximate surface area is 112 Å². The minimum Gasteiger partial charge on any atom is -0.314 e. The van der Waals surface area contributed by atoms with E-state index in [1.54, 1.807) is 0 Å². The molecule has 0 saturated carbocycles. The zero-order valence-corrected chi connectivity index (χ0v) is 12.0. The van der Waals surface area contributed by atoms with Crippen molar-refractivity contribution in [2.75, 3.05) is 6.54 Å². The Hall–Kier alpha value is -0.890. The maximum absolute atomic E-state index is 4.08. The van der Waals surface area contributed by atoms with Gasteiger partial charge in [0.1, 0.15) is 0 Å². The van der Waals surface area contributed by atoms with Crippen molar-refractivity contribution in [3.8, 4) is 0 Å². The molecule has 1 aromatic heterocycles. The standard InChI is InChI=1S/C16H28N2/c1-3-5-6-7-8-16(18-11-4-2)14-15-9-12-17-13-10-15/h9-10,12-13,16,18H,3-8,11,14H2,1-2H3. The normalized spacial score (nSPS) is 12.6. The summed E-state index contributed by atoms with van der Waals surface area (Å²) in [6, 6.07) is 4.89. The van der Waals surface area contributed by atoms with E-state index in [-0.39, 0.29) is 0 Å². The van der Waals surface area contributed by atoms with Crippen LogP contribution >= 0.6 is 0 Å². The Morgan fingerprint density at radius 2 is 1.83 bits per heavy atom. The first-order chi connectivity index (χ1) is 8.86. The molecule has 0 bridgehead atoms. The molecule has 2 nitrogen and oxygen atoms in total. The number of aromatic nitrogens is 1. The molecule has 18 heavy (non-hydrogen) atoms. The summed E-state index contributed by atoms with van der Waals surface area (Å²) >= 11 is 0. The third-order valence-corrected chi connectivity index (χ3v) is 3.32. The molecule has 0 aliphatic rings. The highest BCUT2D eigenvalue weighted by Crippen LogP contribution is 2.10. The Kier molecular flexibility index (Phi) is 8.49. The van der Waals surface area contributed by atoms with Crippen LogP contribution in [0.25, 0.3) is 0 Å². The predicted octanol–water partition coefficient (Wildman–Crippen LogP) is 3.96. The van der Waals surface area contributed by atoms with E-state index in [0.29, 0.717) is 6.04 Å². The van der Waals surface area contributed by atoms with Gasteiger partial charge in [0.15, 0.2) is 0 Å². The zero-order valence-electron chi connectivity index (χ0n) is 12.0. The van der Waals surface area contributed by atoms with E-state index in [1.807, 2.05) is 12.4 Å². The summed E-state index contributed by atoms with van der Waals surface area (Å²) < 4.78 is 0. The van der Waals surface area contributed by atoms with Crippen LogP contribution in [0.2, 0.25) is 0 Å². The van der Waals surface area contributed by atoms with E-state index in [4.69, 9.17) is 0 Å². The van der Waals surface area contributed by atoms with Gasteiger partial charge in [0, 0.05) is 18.4 Å². The van der Waals surface area contributed by atoms with Crippen molar-refractivity contribution in [2.45, 2.75) is 64.8 Å². The van der Waals surface area contributed by atoms with Gasteiger partial charge >= 0.3 is 0 Å². The Balaban J connectivity index is 2.35. The summed E-state index contributed by atoms with van der Waals surface area (Å²) in [7, 11) is 0. The zero-order chi connectivity index (χ0) is 13.1. The highest BCUT2D eigenvalue weighted by Gasteiger charge is 2.08. The van der Waals surface area contributed by atoms with Crippen LogP contribution in [0, 0.1) is 0 Å². The van der Waals surface area contributed by atoms with Crippen LogP contribution in [0.3, 0.4) is 0 Å². The number of nitrogens with zero attached hydrogens (tertiary/aromatic N) is 1. The van der Waals surface area contributed by atoms with E-state index in [2.05, 4.69) is 36.3 Å². The van der Waals surface area contributed by atoms with Crippen molar-refractivity contribution >= 4 is 0 Å². The number of nitrogens with one attached hydrogen (secondary N) is 1. The Morgan fingerprint density at radius 3 is 2.50 bits per heavy atom. The summed E-state index contributed by atoms with van der Waals surface area (Å²) in [6.45, 7) is 5.63. The van der Waals surface area contributed by atoms with Crippen LogP contribution in [0.4, 0.5) is 0 Å². The van der Waals surface area contributed by atoms with Crippen molar-refractivity contribution in [3.63, 3.8) is 0 Å². The van der Waals surface area contributed by atoms with Gasteiger partial charge in [-0.3, -0.25) is 4.98 Å². The highest BCUT2D eigenvalue weighted by molar-refractivity contribution is 5.11. The van der Waals surface area contributed by atoms with Gasteiger partial charge in [-0.2, -0.15) is 0 Å². The molecule has 1 atom stereocenters. The van der Waals surface area contributed by atoms with Crippen molar-refractivity contribution in [2.24, 2.45) is 0 Å². The molecule has 0 aliphatic carbocycles. The smallest absolute Gasteiger partial charge is 0.0270 e. The molecule has 2 heteroatoms. The second-order valence-electron chi connectivity index (χ2n) is 5.06. The Morgan fingerprint density at radius 1 is 1.06 bits per heavy atom.